The van der Waals surface area contributed by atoms with E-state index in [0.717, 1.165) is 25.7 Å². The van der Waals surface area contributed by atoms with Crippen molar-refractivity contribution in [2.75, 3.05) is 13.1 Å². The number of rotatable bonds is 12. The number of ether oxygens (including phenoxy) is 1. The number of hydrogen-bond acceptors (Lipinski definition) is 4. The summed E-state index contributed by atoms with van der Waals surface area (Å²) < 4.78 is 5.33. The lowest BCUT2D eigenvalue weighted by Gasteiger charge is -2.32. The first-order chi connectivity index (χ1) is 14.2. The van der Waals surface area contributed by atoms with Crippen LogP contribution in [0.3, 0.4) is 0 Å². The highest BCUT2D eigenvalue weighted by atomic mass is 16.6. The van der Waals surface area contributed by atoms with Crippen molar-refractivity contribution >= 4 is 17.9 Å². The third kappa shape index (κ3) is 13.3. The van der Waals surface area contributed by atoms with Crippen LogP contribution < -0.4 is 16.0 Å². The number of alkyl carbamates (subject to hydrolysis) is 1. The minimum Gasteiger partial charge on any atom is -0.444 e. The first-order valence-corrected chi connectivity index (χ1v) is 11.7. The monoisotopic (exact) mass is 441 g/mol. The van der Waals surface area contributed by atoms with Crippen LogP contribution >= 0.6 is 0 Å². The van der Waals surface area contributed by atoms with Crippen molar-refractivity contribution in [1.29, 1.82) is 0 Å². The zero-order chi connectivity index (χ0) is 24.2. The second-order valence-electron chi connectivity index (χ2n) is 10.6. The fraction of sp³-hybridized carbons (Fsp3) is 0.875. The molecule has 0 aromatic carbocycles. The molecule has 0 radical (unpaired) electrons. The quantitative estimate of drug-likeness (QED) is 0.391. The predicted octanol–water partition coefficient (Wildman–Crippen LogP) is 4.40. The zero-order valence-electron chi connectivity index (χ0n) is 21.3. The third-order valence-electron chi connectivity index (χ3n) is 5.15. The van der Waals surface area contributed by atoms with Gasteiger partial charge in [-0.1, -0.05) is 54.4 Å². The minimum atomic E-state index is -0.725. The Kier molecular flexibility index (Phi) is 12.8. The molecule has 0 aromatic rings. The maximum absolute atomic E-state index is 13.0. The molecule has 0 fully saturated rings. The van der Waals surface area contributed by atoms with Crippen LogP contribution in [0.1, 0.15) is 94.4 Å². The molecule has 3 amide bonds. The van der Waals surface area contributed by atoms with Crippen molar-refractivity contribution < 1.29 is 19.1 Å². The summed E-state index contributed by atoms with van der Waals surface area (Å²) in [6.45, 7) is 18.5. The molecule has 7 heteroatoms. The lowest BCUT2D eigenvalue weighted by Crippen LogP contribution is -2.55. The van der Waals surface area contributed by atoms with E-state index < -0.39 is 23.2 Å². The van der Waals surface area contributed by atoms with Gasteiger partial charge in [-0.25, -0.2) is 4.79 Å². The van der Waals surface area contributed by atoms with Gasteiger partial charge in [-0.3, -0.25) is 9.59 Å². The molecular formula is C24H47N3O4. The number of amides is 3. The maximum Gasteiger partial charge on any atom is 0.408 e. The molecule has 0 saturated carbocycles. The largest absolute Gasteiger partial charge is 0.444 e. The van der Waals surface area contributed by atoms with E-state index in [1.807, 2.05) is 20.8 Å². The van der Waals surface area contributed by atoms with Crippen LogP contribution in [0.2, 0.25) is 0 Å². The van der Waals surface area contributed by atoms with Crippen molar-refractivity contribution in [3.05, 3.63) is 0 Å². The predicted molar refractivity (Wildman–Crippen MR) is 126 cm³/mol. The van der Waals surface area contributed by atoms with Gasteiger partial charge in [-0.15, -0.1) is 0 Å². The van der Waals surface area contributed by atoms with Gasteiger partial charge in [-0.2, -0.15) is 0 Å². The summed E-state index contributed by atoms with van der Waals surface area (Å²) in [5.74, 6) is 0.161. The number of carbonyl (C=O) groups excluding carboxylic acids is 3. The summed E-state index contributed by atoms with van der Waals surface area (Å²) in [6.07, 6.45) is 3.76. The summed E-state index contributed by atoms with van der Waals surface area (Å²) in [6, 6.07) is -0.725. The van der Waals surface area contributed by atoms with Crippen LogP contribution in [0.5, 0.6) is 0 Å². The molecule has 31 heavy (non-hydrogen) atoms. The standard InChI is InChI=1S/C24H47N3O4/c1-10-12-14-25-19(28)15-17(3)18(13-11-2)16-26-21(29)20(23(4,5)6)27-22(30)31-24(7,8)9/h17-18,20H,10-16H2,1-9H3,(H,25,28)(H,26,29)(H,27,30). The lowest BCUT2D eigenvalue weighted by molar-refractivity contribution is -0.125. The average molecular weight is 442 g/mol. The Labute approximate surface area is 189 Å². The van der Waals surface area contributed by atoms with Gasteiger partial charge in [0.2, 0.25) is 11.8 Å². The lowest BCUT2D eigenvalue weighted by atomic mass is 9.85. The van der Waals surface area contributed by atoms with Gasteiger partial charge in [-0.05, 0) is 50.9 Å². The second-order valence-corrected chi connectivity index (χ2v) is 10.6. The Bertz CT molecular complexity index is 564. The highest BCUT2D eigenvalue weighted by Crippen LogP contribution is 2.23. The second kappa shape index (κ2) is 13.6. The first-order valence-electron chi connectivity index (χ1n) is 11.7. The van der Waals surface area contributed by atoms with Crippen molar-refractivity contribution in [2.24, 2.45) is 17.3 Å². The molecule has 0 aromatic heterocycles. The molecule has 0 aliphatic rings. The number of nitrogens with one attached hydrogen (secondary N) is 3. The van der Waals surface area contributed by atoms with Crippen molar-refractivity contribution in [3.63, 3.8) is 0 Å². The van der Waals surface area contributed by atoms with Gasteiger partial charge in [0.1, 0.15) is 11.6 Å². The van der Waals surface area contributed by atoms with Crippen LogP contribution in [-0.4, -0.2) is 42.6 Å². The Hall–Kier alpha value is -1.79. The third-order valence-corrected chi connectivity index (χ3v) is 5.15. The molecule has 7 nitrogen and oxygen atoms in total. The molecule has 3 N–H and O–H groups in total. The van der Waals surface area contributed by atoms with E-state index in [-0.39, 0.29) is 23.7 Å². The van der Waals surface area contributed by atoms with E-state index in [0.29, 0.717) is 19.5 Å². The topological polar surface area (TPSA) is 96.5 Å². The van der Waals surface area contributed by atoms with Crippen LogP contribution in [0.25, 0.3) is 0 Å². The number of carbonyl (C=O) groups is 3. The smallest absolute Gasteiger partial charge is 0.408 e. The summed E-state index contributed by atoms with van der Waals surface area (Å²) in [7, 11) is 0. The molecule has 0 aliphatic heterocycles. The van der Waals surface area contributed by atoms with Gasteiger partial charge in [0.25, 0.3) is 0 Å². The van der Waals surface area contributed by atoms with Gasteiger partial charge >= 0.3 is 6.09 Å². The van der Waals surface area contributed by atoms with Crippen LogP contribution in [0, 0.1) is 17.3 Å². The molecule has 0 rings (SSSR count). The normalized spacial score (nSPS) is 14.9. The zero-order valence-corrected chi connectivity index (χ0v) is 21.3. The van der Waals surface area contributed by atoms with E-state index in [2.05, 4.69) is 36.7 Å². The number of unbranched alkanes of at least 4 members (excludes halogenated alkanes) is 1. The summed E-state index contributed by atoms with van der Waals surface area (Å²) in [5.41, 5.74) is -1.12. The maximum atomic E-state index is 13.0. The van der Waals surface area contributed by atoms with Gasteiger partial charge in [0, 0.05) is 19.5 Å². The van der Waals surface area contributed by atoms with Crippen molar-refractivity contribution in [3.8, 4) is 0 Å². The minimum absolute atomic E-state index is 0.0625. The van der Waals surface area contributed by atoms with Crippen LogP contribution in [0.4, 0.5) is 4.79 Å². The highest BCUT2D eigenvalue weighted by molar-refractivity contribution is 5.86. The van der Waals surface area contributed by atoms with Crippen LogP contribution in [-0.2, 0) is 14.3 Å². The summed E-state index contributed by atoms with van der Waals surface area (Å²) in [5, 5.41) is 8.70. The molecule has 0 bridgehead atoms. The van der Waals surface area contributed by atoms with E-state index in [9.17, 15) is 14.4 Å². The average Bonchev–Trinajstić information content (AvgIpc) is 2.60. The Morgan fingerprint density at radius 3 is 2.03 bits per heavy atom. The fourth-order valence-corrected chi connectivity index (χ4v) is 3.33. The molecule has 0 saturated heterocycles. The van der Waals surface area contributed by atoms with Gasteiger partial charge in [0.05, 0.1) is 0 Å². The Morgan fingerprint density at radius 2 is 1.55 bits per heavy atom. The highest BCUT2D eigenvalue weighted by Gasteiger charge is 2.34. The van der Waals surface area contributed by atoms with Crippen molar-refractivity contribution in [2.45, 2.75) is 106 Å². The van der Waals surface area contributed by atoms with Crippen molar-refractivity contribution in [1.82, 2.24) is 16.0 Å². The molecule has 182 valence electrons. The van der Waals surface area contributed by atoms with Gasteiger partial charge < -0.3 is 20.7 Å². The Morgan fingerprint density at radius 1 is 0.935 bits per heavy atom. The van der Waals surface area contributed by atoms with Gasteiger partial charge in [0.15, 0.2) is 0 Å². The molecule has 3 unspecified atom stereocenters. The Balaban J connectivity index is 4.98. The van der Waals surface area contributed by atoms with E-state index >= 15 is 0 Å². The van der Waals surface area contributed by atoms with E-state index in [1.165, 1.54) is 0 Å². The molecule has 0 spiro atoms. The first kappa shape index (κ1) is 29.2. The van der Waals surface area contributed by atoms with Crippen LogP contribution in [0.15, 0.2) is 0 Å². The summed E-state index contributed by atoms with van der Waals surface area (Å²) >= 11 is 0. The molecular weight excluding hydrogens is 394 g/mol. The summed E-state index contributed by atoms with van der Waals surface area (Å²) in [4.78, 5) is 37.4. The fourth-order valence-electron chi connectivity index (χ4n) is 3.33. The molecule has 0 heterocycles. The SMILES string of the molecule is CCCCNC(=O)CC(C)C(CCC)CNC(=O)C(NC(=O)OC(C)(C)C)C(C)(C)C. The van der Waals surface area contributed by atoms with E-state index in [1.54, 1.807) is 20.8 Å². The molecule has 0 aliphatic carbocycles. The van der Waals surface area contributed by atoms with E-state index in [4.69, 9.17) is 4.74 Å². The number of hydrogen-bond donors (Lipinski definition) is 3. The molecule has 3 atom stereocenters.